The summed E-state index contributed by atoms with van der Waals surface area (Å²) in [6.45, 7) is 1.88. The van der Waals surface area contributed by atoms with Crippen LogP contribution in [-0.2, 0) is 19.1 Å². The number of nitrogens with zero attached hydrogens (tertiary/aromatic N) is 1. The van der Waals surface area contributed by atoms with Crippen molar-refractivity contribution >= 4 is 17.6 Å². The van der Waals surface area contributed by atoms with Gasteiger partial charge in [0.2, 0.25) is 0 Å². The van der Waals surface area contributed by atoms with Crippen LogP contribution in [-0.4, -0.2) is 37.3 Å². The van der Waals surface area contributed by atoms with Crippen molar-refractivity contribution in [1.29, 1.82) is 5.26 Å². The van der Waals surface area contributed by atoms with Crippen LogP contribution in [0.4, 0.5) is 5.69 Å². The zero-order valence-corrected chi connectivity index (χ0v) is 16.2. The molecule has 8 heteroatoms. The summed E-state index contributed by atoms with van der Waals surface area (Å²) in [5, 5.41) is 20.8. The lowest BCUT2D eigenvalue weighted by Gasteiger charge is -2.19. The van der Waals surface area contributed by atoms with Gasteiger partial charge < -0.3 is 24.6 Å². The van der Waals surface area contributed by atoms with Gasteiger partial charge in [-0.05, 0) is 37.6 Å². The first kappa shape index (κ1) is 21.6. The topological polar surface area (TPSA) is 118 Å². The van der Waals surface area contributed by atoms with Crippen LogP contribution < -0.4 is 10.1 Å². The molecular formula is C21H22N2O6. The maximum atomic E-state index is 12.5. The molecule has 29 heavy (non-hydrogen) atoms. The Morgan fingerprint density at radius 2 is 2.14 bits per heavy atom. The number of rotatable bonds is 9. The van der Waals surface area contributed by atoms with Crippen LogP contribution in [0.5, 0.6) is 5.75 Å². The van der Waals surface area contributed by atoms with Gasteiger partial charge in [0.05, 0.1) is 13.7 Å². The Labute approximate surface area is 168 Å². The molecule has 1 aliphatic rings. The van der Waals surface area contributed by atoms with Gasteiger partial charge in [-0.25, -0.2) is 4.79 Å². The van der Waals surface area contributed by atoms with Gasteiger partial charge in [-0.1, -0.05) is 12.1 Å². The Hall–Kier alpha value is -3.73. The smallest absolute Gasteiger partial charge is 0.341 e. The molecule has 0 aliphatic heterocycles. The monoisotopic (exact) mass is 398 g/mol. The number of ether oxygens (including phenoxy) is 3. The lowest BCUT2D eigenvalue weighted by atomic mass is 9.96. The fourth-order valence-corrected chi connectivity index (χ4v) is 2.65. The molecule has 0 spiro atoms. The first-order valence-corrected chi connectivity index (χ1v) is 8.93. The maximum Gasteiger partial charge on any atom is 0.341 e. The van der Waals surface area contributed by atoms with Crippen LogP contribution in [0, 0.1) is 17.2 Å². The van der Waals surface area contributed by atoms with Crippen LogP contribution in [0.15, 0.2) is 59.6 Å². The van der Waals surface area contributed by atoms with E-state index in [9.17, 15) is 14.9 Å². The maximum absolute atomic E-state index is 12.5. The van der Waals surface area contributed by atoms with Crippen molar-refractivity contribution in [3.8, 4) is 11.8 Å². The van der Waals surface area contributed by atoms with E-state index < -0.39 is 18.5 Å². The van der Waals surface area contributed by atoms with E-state index in [0.29, 0.717) is 36.0 Å². The predicted octanol–water partition coefficient (Wildman–Crippen LogP) is 3.01. The van der Waals surface area contributed by atoms with Crippen LogP contribution in [0.2, 0.25) is 0 Å². The lowest BCUT2D eigenvalue weighted by Crippen LogP contribution is -2.16. The van der Waals surface area contributed by atoms with Crippen molar-refractivity contribution in [2.45, 2.75) is 13.3 Å². The highest BCUT2D eigenvalue weighted by molar-refractivity contribution is 6.06. The third-order valence-electron chi connectivity index (χ3n) is 3.90. The number of methoxy groups -OCH3 is 1. The molecule has 1 aliphatic carbocycles. The van der Waals surface area contributed by atoms with Gasteiger partial charge in [0.15, 0.2) is 18.1 Å². The minimum atomic E-state index is -1.10. The molecule has 0 heterocycles. The van der Waals surface area contributed by atoms with E-state index in [0.717, 1.165) is 0 Å². The standard InChI is InChI=1S/C21H22N2O6/c1-3-28-17-6-4-5-16(11-17)23-21(26)15(12-22)9-14-7-8-18(19(10-14)27-2)29-13-20(24)25/h4-6,8-11,14H,3,7,13H2,1-2H3,(H,23,26)(H,24,25)/b15-9-. The predicted molar refractivity (Wildman–Crippen MR) is 105 cm³/mol. The molecule has 1 unspecified atom stereocenters. The van der Waals surface area contributed by atoms with E-state index in [1.165, 1.54) is 13.2 Å². The Morgan fingerprint density at radius 1 is 1.34 bits per heavy atom. The molecule has 8 nitrogen and oxygen atoms in total. The SMILES string of the molecule is CCOc1cccc(NC(=O)/C(C#N)=C\C2C=C(OC)C(OCC(=O)O)=CC2)c1. The van der Waals surface area contributed by atoms with Crippen LogP contribution in [0.25, 0.3) is 0 Å². The van der Waals surface area contributed by atoms with Gasteiger partial charge in [0.1, 0.15) is 17.4 Å². The molecule has 0 saturated heterocycles. The largest absolute Gasteiger partial charge is 0.494 e. The summed E-state index contributed by atoms with van der Waals surface area (Å²) < 4.78 is 15.8. The molecule has 1 aromatic carbocycles. The van der Waals surface area contributed by atoms with E-state index >= 15 is 0 Å². The highest BCUT2D eigenvalue weighted by Gasteiger charge is 2.19. The molecule has 0 bridgehead atoms. The van der Waals surface area contributed by atoms with E-state index in [-0.39, 0.29) is 11.5 Å². The zero-order valence-electron chi connectivity index (χ0n) is 16.2. The van der Waals surface area contributed by atoms with Crippen molar-refractivity contribution in [3.05, 3.63) is 59.6 Å². The summed E-state index contributed by atoms with van der Waals surface area (Å²) in [6.07, 6.45) is 5.31. The van der Waals surface area contributed by atoms with E-state index in [1.807, 2.05) is 13.0 Å². The van der Waals surface area contributed by atoms with E-state index in [2.05, 4.69) is 5.32 Å². The Balaban J connectivity index is 2.10. The molecule has 2 rings (SSSR count). The van der Waals surface area contributed by atoms with Crippen LogP contribution in [0.1, 0.15) is 13.3 Å². The highest BCUT2D eigenvalue weighted by Crippen LogP contribution is 2.26. The summed E-state index contributed by atoms with van der Waals surface area (Å²) in [4.78, 5) is 23.1. The number of carboxylic acids is 1. The number of hydrogen-bond acceptors (Lipinski definition) is 6. The fraction of sp³-hybridized carbons (Fsp3) is 0.286. The number of nitriles is 1. The quantitative estimate of drug-likeness (QED) is 0.485. The highest BCUT2D eigenvalue weighted by atomic mass is 16.5. The summed E-state index contributed by atoms with van der Waals surface area (Å²) in [5.74, 6) is -0.634. The molecule has 0 aromatic heterocycles. The molecule has 152 valence electrons. The lowest BCUT2D eigenvalue weighted by molar-refractivity contribution is -0.140. The number of benzene rings is 1. The molecule has 0 saturated carbocycles. The van der Waals surface area contributed by atoms with Gasteiger partial charge in [-0.15, -0.1) is 0 Å². The first-order chi connectivity index (χ1) is 14.0. The molecule has 2 N–H and O–H groups in total. The molecule has 1 amide bonds. The van der Waals surface area contributed by atoms with Crippen molar-refractivity contribution < 1.29 is 28.9 Å². The summed E-state index contributed by atoms with van der Waals surface area (Å²) in [5.41, 5.74) is 0.468. The third-order valence-corrected chi connectivity index (χ3v) is 3.90. The van der Waals surface area contributed by atoms with E-state index in [1.54, 1.807) is 36.4 Å². The zero-order chi connectivity index (χ0) is 21.2. The van der Waals surface area contributed by atoms with Crippen molar-refractivity contribution in [2.24, 2.45) is 5.92 Å². The first-order valence-electron chi connectivity index (χ1n) is 8.93. The number of nitrogens with one attached hydrogen (secondary N) is 1. The molecule has 0 fully saturated rings. The van der Waals surface area contributed by atoms with Crippen molar-refractivity contribution in [1.82, 2.24) is 0 Å². The van der Waals surface area contributed by atoms with Crippen molar-refractivity contribution in [3.63, 3.8) is 0 Å². The van der Waals surface area contributed by atoms with Gasteiger partial charge in [0.25, 0.3) is 5.91 Å². The second-order valence-electron chi connectivity index (χ2n) is 5.99. The van der Waals surface area contributed by atoms with E-state index in [4.69, 9.17) is 19.3 Å². The Bertz CT molecular complexity index is 895. The number of carbonyl (C=O) groups excluding carboxylic acids is 1. The number of carboxylic acid groups (broad SMARTS) is 1. The number of hydrogen-bond donors (Lipinski definition) is 2. The minimum Gasteiger partial charge on any atom is -0.494 e. The summed E-state index contributed by atoms with van der Waals surface area (Å²) >= 11 is 0. The average molecular weight is 398 g/mol. The Kier molecular flexibility index (Phi) is 7.86. The Morgan fingerprint density at radius 3 is 2.79 bits per heavy atom. The average Bonchev–Trinajstić information content (AvgIpc) is 2.71. The van der Waals surface area contributed by atoms with Gasteiger partial charge in [-0.2, -0.15) is 5.26 Å². The van der Waals surface area contributed by atoms with Crippen LogP contribution in [0.3, 0.4) is 0 Å². The molecule has 0 radical (unpaired) electrons. The number of carbonyl (C=O) groups is 2. The molecule has 1 aromatic rings. The molecule has 1 atom stereocenters. The fourth-order valence-electron chi connectivity index (χ4n) is 2.65. The van der Waals surface area contributed by atoms with Crippen molar-refractivity contribution in [2.75, 3.05) is 25.6 Å². The minimum absolute atomic E-state index is 0.0492. The van der Waals surface area contributed by atoms with Gasteiger partial charge >= 0.3 is 5.97 Å². The molecular weight excluding hydrogens is 376 g/mol. The van der Waals surface area contributed by atoms with Gasteiger partial charge in [0, 0.05) is 17.7 Å². The van der Waals surface area contributed by atoms with Crippen LogP contribution >= 0.6 is 0 Å². The normalized spacial score (nSPS) is 16.0. The number of anilines is 1. The summed E-state index contributed by atoms with van der Waals surface area (Å²) in [6, 6.07) is 8.81. The summed E-state index contributed by atoms with van der Waals surface area (Å²) in [7, 11) is 1.43. The second-order valence-corrected chi connectivity index (χ2v) is 5.99. The number of aliphatic carboxylic acids is 1. The third kappa shape index (κ3) is 6.43. The second kappa shape index (κ2) is 10.6. The number of amides is 1. The van der Waals surface area contributed by atoms with Gasteiger partial charge in [-0.3, -0.25) is 4.79 Å². The number of allylic oxidation sites excluding steroid dienone is 3.